The molecule has 0 aliphatic carbocycles. The van der Waals surface area contributed by atoms with Crippen molar-refractivity contribution < 1.29 is 14.3 Å². The molecular formula is C27H24N4O3S. The Morgan fingerprint density at radius 1 is 1.00 bits per heavy atom. The summed E-state index contributed by atoms with van der Waals surface area (Å²) in [7, 11) is 1.64. The standard InChI is InChI=1S/C27H24N4O3S/c1-33-23-12-13-24-25(18-23)35-27(29-24)31(16-5-15-30-17-14-28-19-30)26(32)20-8-10-22(11-9-20)34-21-6-3-2-4-7-21/h2-4,6-14,17-19H,5,15-16H2,1H3. The smallest absolute Gasteiger partial charge is 0.260 e. The van der Waals surface area contributed by atoms with E-state index in [2.05, 4.69) is 4.98 Å². The van der Waals surface area contributed by atoms with Crippen LogP contribution in [0.2, 0.25) is 0 Å². The number of hydrogen-bond donors (Lipinski definition) is 0. The monoisotopic (exact) mass is 484 g/mol. The summed E-state index contributed by atoms with van der Waals surface area (Å²) >= 11 is 1.48. The van der Waals surface area contributed by atoms with Crippen molar-refractivity contribution in [3.63, 3.8) is 0 Å². The Morgan fingerprint density at radius 2 is 1.77 bits per heavy atom. The van der Waals surface area contributed by atoms with E-state index in [4.69, 9.17) is 14.5 Å². The molecule has 0 aliphatic heterocycles. The van der Waals surface area contributed by atoms with Gasteiger partial charge in [-0.05, 0) is 61.0 Å². The van der Waals surface area contributed by atoms with Gasteiger partial charge in [-0.1, -0.05) is 29.5 Å². The van der Waals surface area contributed by atoms with Crippen LogP contribution >= 0.6 is 11.3 Å². The Bertz CT molecular complexity index is 1400. The number of rotatable bonds is 9. The fourth-order valence-electron chi connectivity index (χ4n) is 3.70. The van der Waals surface area contributed by atoms with Gasteiger partial charge >= 0.3 is 0 Å². The third-order valence-corrected chi connectivity index (χ3v) is 6.54. The lowest BCUT2D eigenvalue weighted by Gasteiger charge is -2.20. The number of fused-ring (bicyclic) bond motifs is 1. The number of para-hydroxylation sites is 1. The summed E-state index contributed by atoms with van der Waals surface area (Å²) in [5, 5.41) is 0.661. The average Bonchev–Trinajstić information content (AvgIpc) is 3.57. The van der Waals surface area contributed by atoms with E-state index >= 15 is 0 Å². The molecule has 0 unspecified atom stereocenters. The van der Waals surface area contributed by atoms with Gasteiger partial charge in [-0.2, -0.15) is 0 Å². The fourth-order valence-corrected chi connectivity index (χ4v) is 4.71. The van der Waals surface area contributed by atoms with Crippen LogP contribution in [0.1, 0.15) is 16.8 Å². The van der Waals surface area contributed by atoms with Gasteiger partial charge in [0.15, 0.2) is 5.13 Å². The molecule has 0 spiro atoms. The molecule has 0 atom stereocenters. The van der Waals surface area contributed by atoms with Gasteiger partial charge < -0.3 is 14.0 Å². The first-order valence-electron chi connectivity index (χ1n) is 11.2. The molecular weight excluding hydrogens is 460 g/mol. The van der Waals surface area contributed by atoms with Gasteiger partial charge in [-0.15, -0.1) is 0 Å². The Morgan fingerprint density at radius 3 is 2.51 bits per heavy atom. The molecule has 2 heterocycles. The molecule has 0 N–H and O–H groups in total. The van der Waals surface area contributed by atoms with Gasteiger partial charge in [0.1, 0.15) is 17.2 Å². The first-order valence-corrected chi connectivity index (χ1v) is 12.1. The first kappa shape index (κ1) is 22.6. The van der Waals surface area contributed by atoms with Crippen molar-refractivity contribution in [2.75, 3.05) is 18.6 Å². The number of ether oxygens (including phenoxy) is 2. The molecule has 0 bridgehead atoms. The van der Waals surface area contributed by atoms with Crippen molar-refractivity contribution in [3.05, 3.63) is 97.1 Å². The van der Waals surface area contributed by atoms with Crippen LogP contribution in [0.4, 0.5) is 5.13 Å². The third kappa shape index (κ3) is 5.33. The van der Waals surface area contributed by atoms with Crippen LogP contribution in [0.15, 0.2) is 91.5 Å². The van der Waals surface area contributed by atoms with E-state index in [1.165, 1.54) is 11.3 Å². The Kier molecular flexibility index (Phi) is 6.72. The van der Waals surface area contributed by atoms with Crippen molar-refractivity contribution in [3.8, 4) is 17.2 Å². The number of nitrogens with zero attached hydrogens (tertiary/aromatic N) is 4. The van der Waals surface area contributed by atoms with E-state index in [0.717, 1.165) is 34.7 Å². The van der Waals surface area contributed by atoms with Crippen LogP contribution in [-0.4, -0.2) is 34.1 Å². The molecule has 2 aromatic heterocycles. The van der Waals surface area contributed by atoms with Crippen LogP contribution < -0.4 is 14.4 Å². The number of hydrogen-bond acceptors (Lipinski definition) is 6. The highest BCUT2D eigenvalue weighted by Crippen LogP contribution is 2.32. The lowest BCUT2D eigenvalue weighted by Crippen LogP contribution is -2.32. The van der Waals surface area contributed by atoms with E-state index in [1.807, 2.05) is 71.4 Å². The normalized spacial score (nSPS) is 10.9. The van der Waals surface area contributed by atoms with E-state index in [9.17, 15) is 4.79 Å². The minimum absolute atomic E-state index is 0.104. The first-order chi connectivity index (χ1) is 17.2. The minimum atomic E-state index is -0.104. The van der Waals surface area contributed by atoms with Crippen LogP contribution in [0.5, 0.6) is 17.2 Å². The van der Waals surface area contributed by atoms with Crippen LogP contribution in [0.3, 0.4) is 0 Å². The number of thiazole rings is 1. The van der Waals surface area contributed by atoms with Crippen LogP contribution in [0.25, 0.3) is 10.2 Å². The van der Waals surface area contributed by atoms with E-state index < -0.39 is 0 Å². The van der Waals surface area contributed by atoms with Crippen LogP contribution in [-0.2, 0) is 6.54 Å². The highest BCUT2D eigenvalue weighted by molar-refractivity contribution is 7.22. The molecule has 0 saturated heterocycles. The zero-order chi connectivity index (χ0) is 24.0. The van der Waals surface area contributed by atoms with E-state index in [-0.39, 0.29) is 5.91 Å². The minimum Gasteiger partial charge on any atom is -0.497 e. The van der Waals surface area contributed by atoms with Crippen molar-refractivity contribution in [1.29, 1.82) is 0 Å². The van der Waals surface area contributed by atoms with Crippen molar-refractivity contribution in [2.24, 2.45) is 0 Å². The maximum Gasteiger partial charge on any atom is 0.260 e. The summed E-state index contributed by atoms with van der Waals surface area (Å²) in [5.41, 5.74) is 1.41. The van der Waals surface area contributed by atoms with Gasteiger partial charge in [-0.3, -0.25) is 9.69 Å². The molecule has 7 nitrogen and oxygen atoms in total. The quantitative estimate of drug-likeness (QED) is 0.255. The lowest BCUT2D eigenvalue weighted by atomic mass is 10.2. The van der Waals surface area contributed by atoms with Gasteiger partial charge in [0, 0.05) is 31.0 Å². The summed E-state index contributed by atoms with van der Waals surface area (Å²) in [6.45, 7) is 1.28. The molecule has 35 heavy (non-hydrogen) atoms. The number of carbonyl (C=O) groups excluding carboxylic acids is 1. The third-order valence-electron chi connectivity index (χ3n) is 5.50. The second-order valence-corrected chi connectivity index (χ2v) is 8.89. The van der Waals surface area contributed by atoms with E-state index in [0.29, 0.717) is 23.0 Å². The average molecular weight is 485 g/mol. The molecule has 5 rings (SSSR count). The lowest BCUT2D eigenvalue weighted by molar-refractivity contribution is 0.0986. The second kappa shape index (κ2) is 10.4. The Labute approximate surface area is 207 Å². The summed E-state index contributed by atoms with van der Waals surface area (Å²) in [6.07, 6.45) is 6.21. The number of methoxy groups -OCH3 is 1. The SMILES string of the molecule is COc1ccc2nc(N(CCCn3ccnc3)C(=O)c3ccc(Oc4ccccc4)cc3)sc2c1. The summed E-state index contributed by atoms with van der Waals surface area (Å²) in [4.78, 5) is 24.2. The molecule has 3 aromatic carbocycles. The molecule has 0 fully saturated rings. The maximum absolute atomic E-state index is 13.6. The molecule has 0 radical (unpaired) electrons. The van der Waals surface area contributed by atoms with Crippen molar-refractivity contribution in [2.45, 2.75) is 13.0 Å². The van der Waals surface area contributed by atoms with Gasteiger partial charge in [0.05, 0.1) is 23.7 Å². The Hall–Kier alpha value is -4.17. The molecule has 176 valence electrons. The number of aromatic nitrogens is 3. The number of anilines is 1. The number of imidazole rings is 1. The molecule has 5 aromatic rings. The van der Waals surface area contributed by atoms with E-state index in [1.54, 1.807) is 36.7 Å². The molecule has 1 amide bonds. The second-order valence-electron chi connectivity index (χ2n) is 7.88. The number of benzene rings is 3. The number of amides is 1. The largest absolute Gasteiger partial charge is 0.497 e. The van der Waals surface area contributed by atoms with Crippen molar-refractivity contribution >= 4 is 32.6 Å². The van der Waals surface area contributed by atoms with Crippen molar-refractivity contribution in [1.82, 2.24) is 14.5 Å². The summed E-state index contributed by atoms with van der Waals surface area (Å²) < 4.78 is 14.2. The highest BCUT2D eigenvalue weighted by atomic mass is 32.1. The number of carbonyl (C=O) groups is 1. The van der Waals surface area contributed by atoms with Crippen LogP contribution in [0, 0.1) is 0 Å². The summed E-state index contributed by atoms with van der Waals surface area (Å²) in [5.74, 6) is 2.08. The predicted molar refractivity (Wildman–Crippen MR) is 138 cm³/mol. The summed E-state index contributed by atoms with van der Waals surface area (Å²) in [6, 6.07) is 22.5. The molecule has 0 saturated carbocycles. The fraction of sp³-hybridized carbons (Fsp3) is 0.148. The number of aryl methyl sites for hydroxylation is 1. The van der Waals surface area contributed by atoms with Gasteiger partial charge in [0.25, 0.3) is 5.91 Å². The van der Waals surface area contributed by atoms with Gasteiger partial charge in [0.2, 0.25) is 0 Å². The zero-order valence-corrected chi connectivity index (χ0v) is 20.0. The Balaban J connectivity index is 1.38. The molecule has 0 aliphatic rings. The highest BCUT2D eigenvalue weighted by Gasteiger charge is 2.21. The zero-order valence-electron chi connectivity index (χ0n) is 19.2. The topological polar surface area (TPSA) is 69.5 Å². The molecule has 8 heteroatoms. The maximum atomic E-state index is 13.6. The van der Waals surface area contributed by atoms with Gasteiger partial charge in [-0.25, -0.2) is 9.97 Å². The predicted octanol–water partition coefficient (Wildman–Crippen LogP) is 6.03.